The van der Waals surface area contributed by atoms with Gasteiger partial charge < -0.3 is 14.8 Å². The van der Waals surface area contributed by atoms with Gasteiger partial charge in [-0.1, -0.05) is 11.8 Å². The van der Waals surface area contributed by atoms with Crippen LogP contribution in [0, 0.1) is 0 Å². The van der Waals surface area contributed by atoms with E-state index in [9.17, 15) is 9.32 Å². The number of hydrogen-bond acceptors (Lipinski definition) is 9. The zero-order valence-electron chi connectivity index (χ0n) is 14.0. The number of rotatable bonds is 5. The van der Waals surface area contributed by atoms with Gasteiger partial charge >= 0.3 is 5.97 Å². The molecule has 0 unspecified atom stereocenters. The number of carbonyl (C=O) groups is 1. The minimum Gasteiger partial charge on any atom is -0.493 e. The molecule has 0 saturated heterocycles. The van der Waals surface area contributed by atoms with Gasteiger partial charge in [0.25, 0.3) is 0 Å². The van der Waals surface area contributed by atoms with E-state index in [2.05, 4.69) is 25.2 Å². The van der Waals surface area contributed by atoms with E-state index in [0.717, 1.165) is 5.39 Å². The van der Waals surface area contributed by atoms with Crippen molar-refractivity contribution in [3.63, 3.8) is 0 Å². The Morgan fingerprint density at radius 3 is 2.69 bits per heavy atom. The molecule has 1 N–H and O–H groups in total. The molecule has 0 fully saturated rings. The highest BCUT2D eigenvalue weighted by Crippen LogP contribution is 2.34. The number of nitrogens with one attached hydrogen (secondary N) is 1. The van der Waals surface area contributed by atoms with Crippen molar-refractivity contribution in [1.29, 1.82) is 0 Å². The lowest BCUT2D eigenvalue weighted by molar-refractivity contribution is -0.182. The Bertz CT molecular complexity index is 903. The number of anilines is 1. The van der Waals surface area contributed by atoms with E-state index in [0.29, 0.717) is 33.6 Å². The fourth-order valence-electron chi connectivity index (χ4n) is 2.35. The summed E-state index contributed by atoms with van der Waals surface area (Å²) in [6.07, 6.45) is 1.30. The van der Waals surface area contributed by atoms with Crippen LogP contribution in [-0.4, -0.2) is 41.9 Å². The van der Waals surface area contributed by atoms with E-state index in [1.807, 2.05) is 0 Å². The minimum atomic E-state index is -0.939. The zero-order chi connectivity index (χ0) is 18.5. The molecule has 10 heteroatoms. The van der Waals surface area contributed by atoms with Gasteiger partial charge in [0.15, 0.2) is 16.7 Å². The van der Waals surface area contributed by atoms with Crippen LogP contribution in [-0.2, 0) is 9.74 Å². The number of ether oxygens (including phenoxy) is 2. The smallest absolute Gasteiger partial charge is 0.352 e. The van der Waals surface area contributed by atoms with Crippen molar-refractivity contribution in [3.8, 4) is 11.5 Å². The Morgan fingerprint density at radius 1 is 1.27 bits per heavy atom. The lowest BCUT2D eigenvalue weighted by Crippen LogP contribution is -2.14. The molecule has 0 spiro atoms. The first-order valence-electron chi connectivity index (χ1n) is 7.48. The van der Waals surface area contributed by atoms with Gasteiger partial charge in [0.2, 0.25) is 0 Å². The predicted molar refractivity (Wildman–Crippen MR) is 96.1 cm³/mol. The normalized spacial score (nSPS) is 13.7. The predicted octanol–water partition coefficient (Wildman–Crippen LogP) is 2.86. The van der Waals surface area contributed by atoms with Gasteiger partial charge in [0.1, 0.15) is 12.1 Å². The van der Waals surface area contributed by atoms with Crippen molar-refractivity contribution in [2.75, 3.05) is 26.1 Å². The molecule has 0 atom stereocenters. The molecule has 1 aliphatic heterocycles. The number of hydrogen-bond donors (Lipinski definition) is 1. The SMILES string of the molecule is COc1cc2ncnc(NC3=NCC(CC(=O)OF)=CS3)c2cc1OC. The molecular weight excluding hydrogens is 363 g/mol. The van der Waals surface area contributed by atoms with Crippen LogP contribution in [0.4, 0.5) is 10.3 Å². The molecule has 136 valence electrons. The first-order valence-corrected chi connectivity index (χ1v) is 8.36. The monoisotopic (exact) mass is 378 g/mol. The number of benzene rings is 1. The third kappa shape index (κ3) is 3.85. The van der Waals surface area contributed by atoms with Crippen LogP contribution < -0.4 is 14.8 Å². The quantitative estimate of drug-likeness (QED) is 0.849. The van der Waals surface area contributed by atoms with Gasteiger partial charge in [0, 0.05) is 16.0 Å². The Labute approximate surface area is 152 Å². The van der Waals surface area contributed by atoms with Gasteiger partial charge in [-0.05, 0) is 17.0 Å². The lowest BCUT2D eigenvalue weighted by Gasteiger charge is -2.15. The van der Waals surface area contributed by atoms with Crippen molar-refractivity contribution in [2.24, 2.45) is 4.99 Å². The summed E-state index contributed by atoms with van der Waals surface area (Å²) in [4.78, 5) is 27.0. The van der Waals surface area contributed by atoms with E-state index in [1.54, 1.807) is 31.8 Å². The van der Waals surface area contributed by atoms with Crippen LogP contribution in [0.1, 0.15) is 6.42 Å². The molecule has 2 heterocycles. The summed E-state index contributed by atoms with van der Waals surface area (Å²) in [6.45, 7) is 0.268. The molecule has 3 rings (SSSR count). The highest BCUT2D eigenvalue weighted by atomic mass is 32.2. The van der Waals surface area contributed by atoms with Gasteiger partial charge in [-0.15, -0.1) is 0 Å². The number of aromatic nitrogens is 2. The first-order chi connectivity index (χ1) is 12.6. The molecular formula is C16H15FN4O4S. The maximum absolute atomic E-state index is 11.8. The molecule has 0 bridgehead atoms. The number of aliphatic imine (C=N–C) groups is 1. The standard InChI is InChI=1S/C16H15FN4O4S/c1-23-12-4-10-11(5-13(12)24-2)19-8-20-15(10)21-16-18-6-9(7-26-16)3-14(22)25-17/h4-5,7-8H,3,6H2,1-2H3,(H,18,19,20,21). The van der Waals surface area contributed by atoms with E-state index < -0.39 is 5.97 Å². The Balaban J connectivity index is 1.81. The second-order valence-corrected chi connectivity index (χ2v) is 6.07. The van der Waals surface area contributed by atoms with Gasteiger partial charge in [-0.3, -0.25) is 9.93 Å². The van der Waals surface area contributed by atoms with Crippen molar-refractivity contribution in [2.45, 2.75) is 6.42 Å². The molecule has 0 amide bonds. The number of carbonyl (C=O) groups excluding carboxylic acids is 1. The summed E-state index contributed by atoms with van der Waals surface area (Å²) < 4.78 is 22.4. The first kappa shape index (κ1) is 17.9. The maximum Gasteiger partial charge on any atom is 0.352 e. The second-order valence-electron chi connectivity index (χ2n) is 5.21. The number of nitrogens with zero attached hydrogens (tertiary/aromatic N) is 3. The van der Waals surface area contributed by atoms with Crippen molar-refractivity contribution >= 4 is 39.6 Å². The molecule has 8 nitrogen and oxygen atoms in total. The summed E-state index contributed by atoms with van der Waals surface area (Å²) in [5, 5.41) is 6.20. The number of amidine groups is 1. The van der Waals surface area contributed by atoms with Crippen molar-refractivity contribution in [3.05, 3.63) is 29.4 Å². The van der Waals surface area contributed by atoms with Crippen LogP contribution in [0.5, 0.6) is 11.5 Å². The lowest BCUT2D eigenvalue weighted by atomic mass is 10.2. The van der Waals surface area contributed by atoms with Crippen LogP contribution in [0.2, 0.25) is 0 Å². The van der Waals surface area contributed by atoms with E-state index in [4.69, 9.17) is 9.47 Å². The molecule has 1 aromatic heterocycles. The van der Waals surface area contributed by atoms with Crippen LogP contribution >= 0.6 is 11.8 Å². The third-order valence-corrected chi connectivity index (χ3v) is 4.49. The largest absolute Gasteiger partial charge is 0.493 e. The minimum absolute atomic E-state index is 0.131. The van der Waals surface area contributed by atoms with Gasteiger partial charge in [-0.2, -0.15) is 0 Å². The Hall–Kier alpha value is -2.88. The Kier molecular flexibility index (Phi) is 5.52. The summed E-state index contributed by atoms with van der Waals surface area (Å²) in [6, 6.07) is 3.54. The zero-order valence-corrected chi connectivity index (χ0v) is 14.8. The molecule has 26 heavy (non-hydrogen) atoms. The van der Waals surface area contributed by atoms with Crippen LogP contribution in [0.15, 0.2) is 34.4 Å². The van der Waals surface area contributed by atoms with Gasteiger partial charge in [0.05, 0.1) is 32.7 Å². The van der Waals surface area contributed by atoms with Crippen LogP contribution in [0.25, 0.3) is 10.9 Å². The third-order valence-electron chi connectivity index (χ3n) is 3.59. The van der Waals surface area contributed by atoms with Crippen molar-refractivity contribution in [1.82, 2.24) is 9.97 Å². The number of halogens is 1. The molecule has 1 aliphatic rings. The van der Waals surface area contributed by atoms with Crippen LogP contribution in [0.3, 0.4) is 0 Å². The highest BCUT2D eigenvalue weighted by Gasteiger charge is 2.15. The number of methoxy groups -OCH3 is 2. The molecule has 0 saturated carbocycles. The molecule has 0 aliphatic carbocycles. The fourth-order valence-corrected chi connectivity index (χ4v) is 3.08. The average molecular weight is 378 g/mol. The highest BCUT2D eigenvalue weighted by molar-refractivity contribution is 8.16. The second kappa shape index (κ2) is 8.00. The summed E-state index contributed by atoms with van der Waals surface area (Å²) >= 11 is 1.28. The summed E-state index contributed by atoms with van der Waals surface area (Å²) in [7, 11) is 3.11. The summed E-state index contributed by atoms with van der Waals surface area (Å²) in [5.74, 6) is 0.748. The fraction of sp³-hybridized carbons (Fsp3) is 0.250. The maximum atomic E-state index is 11.8. The molecule has 2 aromatic rings. The van der Waals surface area contributed by atoms with E-state index >= 15 is 0 Å². The Morgan fingerprint density at radius 2 is 2.04 bits per heavy atom. The average Bonchev–Trinajstić information content (AvgIpc) is 2.68. The van der Waals surface area contributed by atoms with Gasteiger partial charge in [-0.25, -0.2) is 14.8 Å². The molecule has 0 radical (unpaired) electrons. The number of fused-ring (bicyclic) bond motifs is 1. The van der Waals surface area contributed by atoms with E-state index in [1.165, 1.54) is 18.1 Å². The summed E-state index contributed by atoms with van der Waals surface area (Å²) in [5.41, 5.74) is 1.35. The topological polar surface area (TPSA) is 94.9 Å². The van der Waals surface area contributed by atoms with Crippen molar-refractivity contribution < 1.29 is 23.7 Å². The van der Waals surface area contributed by atoms with E-state index in [-0.39, 0.29) is 13.0 Å². The molecule has 1 aromatic carbocycles. The number of thioether (sulfide) groups is 1.